The van der Waals surface area contributed by atoms with Crippen LogP contribution in [0.3, 0.4) is 0 Å². The van der Waals surface area contributed by atoms with Gasteiger partial charge in [-0.15, -0.1) is 0 Å². The zero-order valence-electron chi connectivity index (χ0n) is 10.7. The van der Waals surface area contributed by atoms with E-state index in [0.29, 0.717) is 5.03 Å². The molecule has 4 nitrogen and oxygen atoms in total. The number of rotatable bonds is 6. The van der Waals surface area contributed by atoms with Crippen LogP contribution in [-0.4, -0.2) is 26.6 Å². The molecule has 8 heteroatoms. The number of hydrogen-bond donors (Lipinski definition) is 1. The van der Waals surface area contributed by atoms with E-state index >= 15 is 0 Å². The molecular weight excluding hydrogens is 366 g/mol. The van der Waals surface area contributed by atoms with E-state index < -0.39 is 12.4 Å². The van der Waals surface area contributed by atoms with Crippen LogP contribution in [0.5, 0.6) is 0 Å². The number of aliphatic carboxylic acids is 1. The molecule has 0 fully saturated rings. The SMILES string of the molecule is O=C(O)CSc1cc(C(F)F)nn1Cc1ccccc1Br. The third-order valence-corrected chi connectivity index (χ3v) is 4.40. The number of nitrogens with zero attached hydrogens (tertiary/aromatic N) is 2. The number of carboxylic acid groups (broad SMARTS) is 1. The topological polar surface area (TPSA) is 55.1 Å². The van der Waals surface area contributed by atoms with Crippen molar-refractivity contribution in [3.8, 4) is 0 Å². The minimum Gasteiger partial charge on any atom is -0.481 e. The van der Waals surface area contributed by atoms with E-state index in [-0.39, 0.29) is 18.0 Å². The second kappa shape index (κ2) is 7.04. The first-order valence-corrected chi connectivity index (χ1v) is 7.69. The van der Waals surface area contributed by atoms with Gasteiger partial charge >= 0.3 is 5.97 Å². The molecule has 1 aromatic carbocycles. The van der Waals surface area contributed by atoms with Gasteiger partial charge in [-0.05, 0) is 17.7 Å². The highest BCUT2D eigenvalue weighted by molar-refractivity contribution is 9.10. The molecule has 0 spiro atoms. The van der Waals surface area contributed by atoms with Crippen molar-refractivity contribution in [1.29, 1.82) is 0 Å². The number of carboxylic acids is 1. The van der Waals surface area contributed by atoms with Gasteiger partial charge in [-0.25, -0.2) is 8.78 Å². The minimum absolute atomic E-state index is 0.204. The highest BCUT2D eigenvalue weighted by Crippen LogP contribution is 2.27. The van der Waals surface area contributed by atoms with Gasteiger partial charge in [0, 0.05) is 4.47 Å². The van der Waals surface area contributed by atoms with Gasteiger partial charge in [-0.1, -0.05) is 45.9 Å². The molecule has 0 unspecified atom stereocenters. The van der Waals surface area contributed by atoms with Crippen molar-refractivity contribution in [2.75, 3.05) is 5.75 Å². The molecule has 0 bridgehead atoms. The molecule has 1 N–H and O–H groups in total. The number of halogens is 3. The average Bonchev–Trinajstić information content (AvgIpc) is 2.82. The zero-order chi connectivity index (χ0) is 15.4. The number of aromatic nitrogens is 2. The summed E-state index contributed by atoms with van der Waals surface area (Å²) < 4.78 is 27.8. The van der Waals surface area contributed by atoms with E-state index in [2.05, 4.69) is 21.0 Å². The molecular formula is C13H11BrF2N2O2S. The Morgan fingerprint density at radius 2 is 2.14 bits per heavy atom. The maximum absolute atomic E-state index is 12.8. The van der Waals surface area contributed by atoms with Crippen LogP contribution in [0.15, 0.2) is 39.8 Å². The lowest BCUT2D eigenvalue weighted by Crippen LogP contribution is -2.06. The second-order valence-corrected chi connectivity index (χ2v) is 5.99. The molecule has 1 aromatic heterocycles. The Morgan fingerprint density at radius 1 is 1.43 bits per heavy atom. The molecule has 0 aliphatic rings. The average molecular weight is 377 g/mol. The van der Waals surface area contributed by atoms with Crippen LogP contribution in [0.1, 0.15) is 17.7 Å². The predicted octanol–water partition coefficient (Wildman–Crippen LogP) is 3.81. The van der Waals surface area contributed by atoms with Gasteiger partial charge in [0.25, 0.3) is 6.43 Å². The van der Waals surface area contributed by atoms with E-state index in [9.17, 15) is 13.6 Å². The van der Waals surface area contributed by atoms with Crippen LogP contribution in [-0.2, 0) is 11.3 Å². The largest absolute Gasteiger partial charge is 0.481 e. The Hall–Kier alpha value is -1.41. The van der Waals surface area contributed by atoms with Crippen molar-refractivity contribution in [1.82, 2.24) is 9.78 Å². The Kier molecular flexibility index (Phi) is 5.35. The summed E-state index contributed by atoms with van der Waals surface area (Å²) in [6, 6.07) is 8.61. The first-order valence-electron chi connectivity index (χ1n) is 5.91. The fourth-order valence-electron chi connectivity index (χ4n) is 1.68. The van der Waals surface area contributed by atoms with E-state index in [0.717, 1.165) is 21.8 Å². The number of alkyl halides is 2. The quantitative estimate of drug-likeness (QED) is 0.778. The normalized spacial score (nSPS) is 11.0. The van der Waals surface area contributed by atoms with Crippen LogP contribution in [0.4, 0.5) is 8.78 Å². The summed E-state index contributed by atoms with van der Waals surface area (Å²) in [5.74, 6) is -1.21. The summed E-state index contributed by atoms with van der Waals surface area (Å²) in [5.41, 5.74) is 0.522. The molecule has 2 rings (SSSR count). The number of carbonyl (C=O) groups is 1. The Labute approximate surface area is 132 Å². The predicted molar refractivity (Wildman–Crippen MR) is 78.8 cm³/mol. The smallest absolute Gasteiger partial charge is 0.313 e. The van der Waals surface area contributed by atoms with Gasteiger partial charge in [0.15, 0.2) is 0 Å². The van der Waals surface area contributed by atoms with Crippen LogP contribution in [0, 0.1) is 0 Å². The third kappa shape index (κ3) is 4.28. The zero-order valence-corrected chi connectivity index (χ0v) is 13.1. The van der Waals surface area contributed by atoms with Crippen LogP contribution in [0.2, 0.25) is 0 Å². The lowest BCUT2D eigenvalue weighted by atomic mass is 10.2. The van der Waals surface area contributed by atoms with E-state index in [1.807, 2.05) is 24.3 Å². The maximum atomic E-state index is 12.8. The van der Waals surface area contributed by atoms with Gasteiger partial charge in [-0.3, -0.25) is 9.48 Å². The minimum atomic E-state index is -2.69. The van der Waals surface area contributed by atoms with Crippen molar-refractivity contribution >= 4 is 33.7 Å². The molecule has 0 saturated carbocycles. The number of benzene rings is 1. The van der Waals surface area contributed by atoms with Gasteiger partial charge in [0.2, 0.25) is 0 Å². The highest BCUT2D eigenvalue weighted by atomic mass is 79.9. The van der Waals surface area contributed by atoms with Crippen molar-refractivity contribution in [2.24, 2.45) is 0 Å². The van der Waals surface area contributed by atoms with Crippen molar-refractivity contribution in [3.63, 3.8) is 0 Å². The summed E-state index contributed by atoms with van der Waals surface area (Å²) in [6.45, 7) is 0.288. The summed E-state index contributed by atoms with van der Waals surface area (Å²) in [6.07, 6.45) is -2.69. The summed E-state index contributed by atoms with van der Waals surface area (Å²) in [5, 5.41) is 13.0. The van der Waals surface area contributed by atoms with Crippen LogP contribution < -0.4 is 0 Å². The molecule has 1 heterocycles. The first-order chi connectivity index (χ1) is 9.97. The maximum Gasteiger partial charge on any atom is 0.313 e. The van der Waals surface area contributed by atoms with Crippen molar-refractivity contribution < 1.29 is 18.7 Å². The molecule has 0 saturated heterocycles. The summed E-state index contributed by atoms with van der Waals surface area (Å²) >= 11 is 4.36. The van der Waals surface area contributed by atoms with Gasteiger partial charge in [0.05, 0.1) is 17.3 Å². The highest BCUT2D eigenvalue weighted by Gasteiger charge is 2.17. The molecule has 0 aliphatic carbocycles. The fourth-order valence-corrected chi connectivity index (χ4v) is 2.82. The van der Waals surface area contributed by atoms with E-state index in [1.165, 1.54) is 10.7 Å². The molecule has 0 radical (unpaired) electrons. The lowest BCUT2D eigenvalue weighted by molar-refractivity contribution is -0.133. The number of hydrogen-bond acceptors (Lipinski definition) is 3. The molecule has 0 aliphatic heterocycles. The molecule has 21 heavy (non-hydrogen) atoms. The first kappa shape index (κ1) is 16.0. The Bertz CT molecular complexity index is 649. The summed E-state index contributed by atoms with van der Waals surface area (Å²) in [7, 11) is 0. The van der Waals surface area contributed by atoms with E-state index in [1.54, 1.807) is 0 Å². The van der Waals surface area contributed by atoms with Gasteiger partial charge < -0.3 is 5.11 Å². The standard InChI is InChI=1S/C13H11BrF2N2O2S/c14-9-4-2-1-3-8(9)6-18-11(21-7-12(19)20)5-10(17-18)13(15)16/h1-5,13H,6-7H2,(H,19,20). The molecule has 0 atom stereocenters. The monoisotopic (exact) mass is 376 g/mol. The van der Waals surface area contributed by atoms with Crippen molar-refractivity contribution in [2.45, 2.75) is 18.0 Å². The lowest BCUT2D eigenvalue weighted by Gasteiger charge is -2.08. The fraction of sp³-hybridized carbons (Fsp3) is 0.231. The van der Waals surface area contributed by atoms with E-state index in [4.69, 9.17) is 5.11 Å². The second-order valence-electron chi connectivity index (χ2n) is 4.14. The van der Waals surface area contributed by atoms with Gasteiger partial charge in [-0.2, -0.15) is 5.10 Å². The van der Waals surface area contributed by atoms with Gasteiger partial charge in [0.1, 0.15) is 5.69 Å². The Morgan fingerprint density at radius 3 is 2.76 bits per heavy atom. The molecule has 0 amide bonds. The van der Waals surface area contributed by atoms with Crippen LogP contribution >= 0.6 is 27.7 Å². The molecule has 112 valence electrons. The molecule has 2 aromatic rings. The number of thioether (sulfide) groups is 1. The van der Waals surface area contributed by atoms with Crippen molar-refractivity contribution in [3.05, 3.63) is 46.1 Å². The third-order valence-electron chi connectivity index (χ3n) is 2.61. The van der Waals surface area contributed by atoms with Crippen LogP contribution in [0.25, 0.3) is 0 Å². The summed E-state index contributed by atoms with van der Waals surface area (Å²) in [4.78, 5) is 10.6. The Balaban J connectivity index is 2.27.